The minimum atomic E-state index is -0.732. The van der Waals surface area contributed by atoms with Crippen molar-refractivity contribution < 1.29 is 13.7 Å². The highest BCUT2D eigenvalue weighted by Gasteiger charge is 2.28. The molecule has 0 radical (unpaired) electrons. The van der Waals surface area contributed by atoms with Crippen molar-refractivity contribution in [3.8, 4) is 11.4 Å². The fraction of sp³-hybridized carbons (Fsp3) is 0.316. The lowest BCUT2D eigenvalue weighted by Crippen LogP contribution is -2.32. The first-order valence-electron chi connectivity index (χ1n) is 9.06. The van der Waals surface area contributed by atoms with Gasteiger partial charge in [-0.15, -0.1) is 0 Å². The number of ether oxygens (including phenoxy) is 1. The summed E-state index contributed by atoms with van der Waals surface area (Å²) in [6.45, 7) is 2.07. The zero-order valence-electron chi connectivity index (χ0n) is 15.2. The molecule has 0 amide bonds. The Bertz CT molecular complexity index is 1130. The van der Waals surface area contributed by atoms with Gasteiger partial charge in [-0.3, -0.25) is 14.3 Å². The van der Waals surface area contributed by atoms with Gasteiger partial charge in [0.15, 0.2) is 5.82 Å². The Morgan fingerprint density at radius 3 is 2.93 bits per heavy atom. The van der Waals surface area contributed by atoms with E-state index >= 15 is 0 Å². The molecule has 0 bridgehead atoms. The number of halogens is 2. The molecule has 0 spiro atoms. The molecule has 29 heavy (non-hydrogen) atoms. The Labute approximate surface area is 169 Å². The quantitative estimate of drug-likeness (QED) is 0.669. The first kappa shape index (κ1) is 19.6. The third-order valence-corrected chi connectivity index (χ3v) is 5.12. The molecule has 1 saturated heterocycles. The summed E-state index contributed by atoms with van der Waals surface area (Å²) in [5.74, 6) is -1.27. The zero-order chi connectivity index (χ0) is 20.4. The van der Waals surface area contributed by atoms with Gasteiger partial charge in [-0.2, -0.15) is 0 Å². The first-order chi connectivity index (χ1) is 14.0. The van der Waals surface area contributed by atoms with E-state index in [1.165, 1.54) is 10.6 Å². The molecule has 1 aliphatic rings. The second kappa shape index (κ2) is 8.32. The molecule has 1 aliphatic heterocycles. The predicted molar refractivity (Wildman–Crippen MR) is 103 cm³/mol. The molecule has 152 valence electrons. The highest BCUT2D eigenvalue weighted by molar-refractivity contribution is 6.30. The highest BCUT2D eigenvalue weighted by atomic mass is 35.5. The number of aromatic nitrogens is 3. The maximum atomic E-state index is 13.6. The Kier molecular flexibility index (Phi) is 5.61. The van der Waals surface area contributed by atoms with Gasteiger partial charge in [0, 0.05) is 31.7 Å². The van der Waals surface area contributed by atoms with Crippen molar-refractivity contribution in [2.24, 2.45) is 5.92 Å². The summed E-state index contributed by atoms with van der Waals surface area (Å²) in [7, 11) is 0. The molecule has 2 aromatic heterocycles. The monoisotopic (exact) mass is 420 g/mol. The molecule has 2 N–H and O–H groups in total. The van der Waals surface area contributed by atoms with Crippen LogP contribution in [-0.2, 0) is 11.3 Å². The van der Waals surface area contributed by atoms with Crippen molar-refractivity contribution >= 4 is 11.6 Å². The van der Waals surface area contributed by atoms with E-state index in [0.29, 0.717) is 26.2 Å². The second-order valence-corrected chi connectivity index (χ2v) is 7.16. The zero-order valence-corrected chi connectivity index (χ0v) is 16.0. The van der Waals surface area contributed by atoms with Crippen LogP contribution in [0.25, 0.3) is 11.4 Å². The lowest BCUT2D eigenvalue weighted by Gasteiger charge is -2.26. The molecule has 0 saturated carbocycles. The normalized spacial score (nSPS) is 19.8. The molecule has 10 heteroatoms. The van der Waals surface area contributed by atoms with Gasteiger partial charge in [0.1, 0.15) is 5.82 Å². The molecule has 0 aliphatic carbocycles. The minimum absolute atomic E-state index is 0.0243. The Morgan fingerprint density at radius 1 is 1.31 bits per heavy atom. The summed E-state index contributed by atoms with van der Waals surface area (Å²) in [5.41, 5.74) is 0.648. The van der Waals surface area contributed by atoms with Crippen molar-refractivity contribution in [1.82, 2.24) is 20.0 Å². The molecule has 1 aromatic carbocycles. The van der Waals surface area contributed by atoms with Crippen LogP contribution in [-0.4, -0.2) is 34.4 Å². The predicted octanol–water partition coefficient (Wildman–Crippen LogP) is 1.96. The fourth-order valence-electron chi connectivity index (χ4n) is 3.47. The van der Waals surface area contributed by atoms with E-state index in [0.717, 1.165) is 5.56 Å². The van der Waals surface area contributed by atoms with Gasteiger partial charge in [-0.1, -0.05) is 22.8 Å². The summed E-state index contributed by atoms with van der Waals surface area (Å²) in [6, 6.07) is 7.76. The van der Waals surface area contributed by atoms with Crippen LogP contribution in [0.4, 0.5) is 4.39 Å². The van der Waals surface area contributed by atoms with Gasteiger partial charge in [0.25, 0.3) is 5.56 Å². The molecular weight excluding hydrogens is 403 g/mol. The smallest absolute Gasteiger partial charge is 0.372 e. The lowest BCUT2D eigenvalue weighted by molar-refractivity contribution is 0.0250. The molecule has 8 nitrogen and oxygen atoms in total. The van der Waals surface area contributed by atoms with Crippen LogP contribution in [0.3, 0.4) is 0 Å². The number of hydrogen-bond acceptors (Lipinski definition) is 6. The van der Waals surface area contributed by atoms with E-state index in [1.54, 1.807) is 30.5 Å². The van der Waals surface area contributed by atoms with Crippen LogP contribution < -0.4 is 16.6 Å². The Balaban J connectivity index is 1.66. The van der Waals surface area contributed by atoms with Crippen molar-refractivity contribution in [3.63, 3.8) is 0 Å². The van der Waals surface area contributed by atoms with Crippen molar-refractivity contribution in [3.05, 3.63) is 73.8 Å². The number of nitrogens with one attached hydrogen (secondary N) is 2. The van der Waals surface area contributed by atoms with Crippen molar-refractivity contribution in [1.29, 1.82) is 0 Å². The molecule has 2 atom stereocenters. The van der Waals surface area contributed by atoms with Gasteiger partial charge in [0.05, 0.1) is 23.3 Å². The average molecular weight is 421 g/mol. The third kappa shape index (κ3) is 4.16. The number of pyridine rings is 1. The molecule has 0 unspecified atom stereocenters. The molecule has 3 heterocycles. The average Bonchev–Trinajstić information content (AvgIpc) is 3.00. The molecule has 3 aromatic rings. The van der Waals surface area contributed by atoms with Crippen LogP contribution in [0.15, 0.2) is 50.6 Å². The minimum Gasteiger partial charge on any atom is -0.372 e. The first-order valence-corrected chi connectivity index (χ1v) is 9.44. The maximum absolute atomic E-state index is 13.6. The molecule has 4 rings (SSSR count). The highest BCUT2D eigenvalue weighted by Crippen LogP contribution is 2.31. The Morgan fingerprint density at radius 2 is 2.17 bits per heavy atom. The van der Waals surface area contributed by atoms with Gasteiger partial charge in [0.2, 0.25) is 0 Å². The lowest BCUT2D eigenvalue weighted by atomic mass is 9.95. The number of hydrogen-bond donors (Lipinski definition) is 2. The number of nitrogens with zero attached hydrogens (tertiary/aromatic N) is 2. The van der Waals surface area contributed by atoms with Crippen molar-refractivity contribution in [2.45, 2.75) is 12.6 Å². The summed E-state index contributed by atoms with van der Waals surface area (Å²) in [6.07, 6.45) is 1.29. The SMILES string of the molecule is O=c1[nH]c(-c2cccn(C[C@@H]3CNCCO[C@H]3c3ccc(F)c(Cl)c3)c2=O)no1. The van der Waals surface area contributed by atoms with Gasteiger partial charge < -0.3 is 14.6 Å². The third-order valence-electron chi connectivity index (χ3n) is 4.83. The van der Waals surface area contributed by atoms with Crippen LogP contribution in [0.5, 0.6) is 0 Å². The number of rotatable bonds is 4. The van der Waals surface area contributed by atoms with Crippen LogP contribution in [0, 0.1) is 11.7 Å². The van der Waals surface area contributed by atoms with Gasteiger partial charge >= 0.3 is 5.76 Å². The summed E-state index contributed by atoms with van der Waals surface area (Å²) in [5, 5.41) is 6.90. The van der Waals surface area contributed by atoms with E-state index in [4.69, 9.17) is 16.3 Å². The Hall–Kier alpha value is -2.75. The largest absolute Gasteiger partial charge is 0.439 e. The van der Waals surface area contributed by atoms with Crippen LogP contribution >= 0.6 is 11.6 Å². The van der Waals surface area contributed by atoms with Crippen LogP contribution in [0.1, 0.15) is 11.7 Å². The van der Waals surface area contributed by atoms with Gasteiger partial charge in [-0.05, 0) is 29.8 Å². The molecule has 1 fully saturated rings. The number of H-pyrrole nitrogens is 1. The topological polar surface area (TPSA) is 102 Å². The number of benzene rings is 1. The van der Waals surface area contributed by atoms with Crippen LogP contribution in [0.2, 0.25) is 5.02 Å². The second-order valence-electron chi connectivity index (χ2n) is 6.75. The summed E-state index contributed by atoms with van der Waals surface area (Å²) >= 11 is 5.95. The van der Waals surface area contributed by atoms with E-state index in [1.807, 2.05) is 0 Å². The van der Waals surface area contributed by atoms with Gasteiger partial charge in [-0.25, -0.2) is 9.18 Å². The fourth-order valence-corrected chi connectivity index (χ4v) is 3.66. The standard InChI is InChI=1S/C19H18ClFN4O4/c20-14-8-11(3-4-15(14)21)16-12(9-22-5-7-28-16)10-25-6-1-2-13(18(25)26)17-23-19(27)29-24-17/h1-4,6,8,12,16,22H,5,7,9-10H2,(H,23,24,27)/t12-,16-/m0/s1. The van der Waals surface area contributed by atoms with E-state index in [-0.39, 0.29) is 34.0 Å². The van der Waals surface area contributed by atoms with E-state index < -0.39 is 11.6 Å². The van der Waals surface area contributed by atoms with E-state index in [9.17, 15) is 14.0 Å². The van der Waals surface area contributed by atoms with Crippen molar-refractivity contribution in [2.75, 3.05) is 19.7 Å². The number of aromatic amines is 1. The summed E-state index contributed by atoms with van der Waals surface area (Å²) < 4.78 is 25.6. The van der Waals surface area contributed by atoms with E-state index in [2.05, 4.69) is 20.0 Å². The summed E-state index contributed by atoms with van der Waals surface area (Å²) in [4.78, 5) is 26.5. The molecular formula is C19H18ClFN4O4. The maximum Gasteiger partial charge on any atom is 0.439 e.